The molecule has 1 aromatic rings. The van der Waals surface area contributed by atoms with Crippen LogP contribution in [0.1, 0.15) is 38.2 Å². The van der Waals surface area contributed by atoms with Crippen LogP contribution in [0, 0.1) is 16.7 Å². The first-order valence-corrected chi connectivity index (χ1v) is 10.7. The highest BCUT2D eigenvalue weighted by Gasteiger charge is 2.45. The van der Waals surface area contributed by atoms with Crippen LogP contribution in [-0.4, -0.2) is 42.1 Å². The summed E-state index contributed by atoms with van der Waals surface area (Å²) in [6.45, 7) is 6.76. The molecule has 2 N–H and O–H groups in total. The van der Waals surface area contributed by atoms with Crippen LogP contribution < -0.4 is 5.73 Å². The van der Waals surface area contributed by atoms with Gasteiger partial charge in [0.05, 0.1) is 30.8 Å². The summed E-state index contributed by atoms with van der Waals surface area (Å²) in [6.07, 6.45) is 1.20. The van der Waals surface area contributed by atoms with Crippen LogP contribution in [0.4, 0.5) is 0 Å². The second kappa shape index (κ2) is 7.60. The number of ether oxygens (including phenoxy) is 1. The molecule has 2 aliphatic heterocycles. The van der Waals surface area contributed by atoms with E-state index in [1.54, 1.807) is 0 Å². The number of halogens is 1. The number of carbonyl (C=O) groups is 1. The van der Waals surface area contributed by atoms with Crippen LogP contribution in [-0.2, 0) is 9.53 Å². The van der Waals surface area contributed by atoms with E-state index in [1.807, 2.05) is 29.3 Å². The van der Waals surface area contributed by atoms with Crippen molar-refractivity contribution in [2.75, 3.05) is 26.3 Å². The predicted molar refractivity (Wildman–Crippen MR) is 113 cm³/mol. The average molecular weight is 457 g/mol. The summed E-state index contributed by atoms with van der Waals surface area (Å²) in [6, 6.07) is 10.1. The van der Waals surface area contributed by atoms with Crippen LogP contribution in [0.3, 0.4) is 0 Å². The topological polar surface area (TPSA) is 82.6 Å². The third-order valence-corrected chi connectivity index (χ3v) is 6.30. The third-order valence-electron chi connectivity index (χ3n) is 5.81. The fraction of sp³-hybridized carbons (Fsp3) is 0.455. The molecule has 0 saturated carbocycles. The number of benzene rings is 1. The molecule has 0 amide bonds. The van der Waals surface area contributed by atoms with E-state index in [-0.39, 0.29) is 11.2 Å². The Kier molecular flexibility index (Phi) is 5.28. The molecule has 7 heteroatoms. The van der Waals surface area contributed by atoms with E-state index in [0.717, 1.165) is 22.2 Å². The van der Waals surface area contributed by atoms with Gasteiger partial charge in [-0.05, 0) is 29.5 Å². The van der Waals surface area contributed by atoms with Gasteiger partial charge in [0.1, 0.15) is 5.82 Å². The first kappa shape index (κ1) is 20.1. The van der Waals surface area contributed by atoms with Crippen molar-refractivity contribution < 1.29 is 9.53 Å². The molecule has 0 radical (unpaired) electrons. The second-order valence-corrected chi connectivity index (χ2v) is 9.49. The van der Waals surface area contributed by atoms with Gasteiger partial charge >= 0.3 is 0 Å². The second-order valence-electron chi connectivity index (χ2n) is 8.58. The van der Waals surface area contributed by atoms with Crippen molar-refractivity contribution in [1.29, 1.82) is 5.26 Å². The van der Waals surface area contributed by atoms with Crippen LogP contribution >= 0.6 is 15.9 Å². The first-order valence-electron chi connectivity index (χ1n) is 9.86. The summed E-state index contributed by atoms with van der Waals surface area (Å²) < 4.78 is 6.41. The number of nitrogens with two attached hydrogens (primary N) is 1. The van der Waals surface area contributed by atoms with Gasteiger partial charge in [-0.3, -0.25) is 9.80 Å². The minimum Gasteiger partial charge on any atom is -0.383 e. The first-order chi connectivity index (χ1) is 13.8. The van der Waals surface area contributed by atoms with Crippen molar-refractivity contribution in [3.63, 3.8) is 0 Å². The number of morpholine rings is 1. The number of nitrogens with zero attached hydrogens (tertiary/aromatic N) is 3. The number of hydrogen-bond donors (Lipinski definition) is 1. The smallest absolute Gasteiger partial charge is 0.162 e. The maximum Gasteiger partial charge on any atom is 0.162 e. The molecule has 1 unspecified atom stereocenters. The molecule has 4 rings (SSSR count). The van der Waals surface area contributed by atoms with Crippen LogP contribution in [0.15, 0.2) is 51.4 Å². The maximum absolute atomic E-state index is 13.4. The van der Waals surface area contributed by atoms with E-state index in [2.05, 4.69) is 40.9 Å². The Morgan fingerprint density at radius 1 is 1.28 bits per heavy atom. The molecular formula is C22H25BrN4O2. The molecule has 0 aromatic heterocycles. The summed E-state index contributed by atoms with van der Waals surface area (Å²) in [4.78, 5) is 13.4. The highest BCUT2D eigenvalue weighted by atomic mass is 79.9. The number of hydrazine groups is 1. The SMILES string of the molecule is CC1(C)CC(=O)C2=C(C1)N(N1CCOCC1)C(N)=C(C#N)C2c1cccc(Br)c1. The monoisotopic (exact) mass is 456 g/mol. The number of rotatable bonds is 2. The standard InChI is InChI=1S/C22H25BrN4O2/c1-22(2)11-17-20(18(28)12-22)19(14-4-3-5-15(23)10-14)16(13-24)21(25)27(17)26-6-8-29-9-7-26/h3-5,10,19H,6-9,11-12,25H2,1-2H3. The van der Waals surface area contributed by atoms with Crippen molar-refractivity contribution in [3.05, 3.63) is 57.0 Å². The normalized spacial score (nSPS) is 25.1. The van der Waals surface area contributed by atoms with Crippen molar-refractivity contribution in [2.24, 2.45) is 11.1 Å². The van der Waals surface area contributed by atoms with Crippen LogP contribution in [0.2, 0.25) is 0 Å². The van der Waals surface area contributed by atoms with Gasteiger partial charge in [0.2, 0.25) is 0 Å². The van der Waals surface area contributed by atoms with Gasteiger partial charge in [0.25, 0.3) is 0 Å². The number of Topliss-reactive ketones (excluding diaryl/α,β-unsaturated/α-hetero) is 1. The molecule has 3 aliphatic rings. The molecule has 1 atom stereocenters. The highest BCUT2D eigenvalue weighted by Crippen LogP contribution is 2.49. The van der Waals surface area contributed by atoms with Gasteiger partial charge in [-0.25, -0.2) is 5.01 Å². The summed E-state index contributed by atoms with van der Waals surface area (Å²) in [5, 5.41) is 14.1. The molecule has 0 spiro atoms. The lowest BCUT2D eigenvalue weighted by molar-refractivity contribution is -0.119. The van der Waals surface area contributed by atoms with E-state index in [9.17, 15) is 10.1 Å². The molecule has 0 bridgehead atoms. The van der Waals surface area contributed by atoms with Gasteiger partial charge in [-0.15, -0.1) is 0 Å². The Morgan fingerprint density at radius 2 is 2.00 bits per heavy atom. The van der Waals surface area contributed by atoms with Crippen molar-refractivity contribution in [2.45, 2.75) is 32.6 Å². The largest absolute Gasteiger partial charge is 0.383 e. The third kappa shape index (κ3) is 3.61. The number of ketones is 1. The van der Waals surface area contributed by atoms with Gasteiger partial charge < -0.3 is 10.5 Å². The highest BCUT2D eigenvalue weighted by molar-refractivity contribution is 9.10. The summed E-state index contributed by atoms with van der Waals surface area (Å²) in [7, 11) is 0. The Labute approximate surface area is 179 Å². The molecule has 1 fully saturated rings. The molecule has 2 heterocycles. The lowest BCUT2D eigenvalue weighted by atomic mass is 9.69. The van der Waals surface area contributed by atoms with Crippen LogP contribution in [0.5, 0.6) is 0 Å². The fourth-order valence-electron chi connectivity index (χ4n) is 4.59. The van der Waals surface area contributed by atoms with E-state index < -0.39 is 5.92 Å². The van der Waals surface area contributed by atoms with Crippen molar-refractivity contribution in [3.8, 4) is 6.07 Å². The summed E-state index contributed by atoms with van der Waals surface area (Å²) in [5.74, 6) is 0.0803. The van der Waals surface area contributed by atoms with Gasteiger partial charge in [0.15, 0.2) is 5.78 Å². The lowest BCUT2D eigenvalue weighted by Gasteiger charge is -2.48. The van der Waals surface area contributed by atoms with E-state index in [1.165, 1.54) is 0 Å². The summed E-state index contributed by atoms with van der Waals surface area (Å²) >= 11 is 3.52. The number of allylic oxidation sites excluding steroid dienone is 3. The van der Waals surface area contributed by atoms with E-state index in [4.69, 9.17) is 10.5 Å². The molecule has 152 valence electrons. The van der Waals surface area contributed by atoms with Crippen molar-refractivity contribution >= 4 is 21.7 Å². The molecule has 1 aromatic carbocycles. The van der Waals surface area contributed by atoms with Gasteiger partial charge in [0, 0.05) is 35.3 Å². The Balaban J connectivity index is 1.93. The zero-order valence-electron chi connectivity index (χ0n) is 16.7. The molecule has 6 nitrogen and oxygen atoms in total. The number of nitriles is 1. The van der Waals surface area contributed by atoms with E-state index in [0.29, 0.717) is 49.7 Å². The van der Waals surface area contributed by atoms with Gasteiger partial charge in [-0.1, -0.05) is 41.9 Å². The molecular weight excluding hydrogens is 432 g/mol. The van der Waals surface area contributed by atoms with Crippen molar-refractivity contribution in [1.82, 2.24) is 10.0 Å². The zero-order chi connectivity index (χ0) is 20.8. The minimum absolute atomic E-state index is 0.0970. The Morgan fingerprint density at radius 3 is 2.66 bits per heavy atom. The lowest BCUT2D eigenvalue weighted by Crippen LogP contribution is -2.53. The Bertz CT molecular complexity index is 954. The maximum atomic E-state index is 13.4. The van der Waals surface area contributed by atoms with E-state index >= 15 is 0 Å². The number of hydrogen-bond acceptors (Lipinski definition) is 6. The molecule has 1 aliphatic carbocycles. The molecule has 1 saturated heterocycles. The predicted octanol–water partition coefficient (Wildman–Crippen LogP) is 3.43. The Hall–Kier alpha value is -2.14. The quantitative estimate of drug-likeness (QED) is 0.733. The minimum atomic E-state index is -0.437. The molecule has 29 heavy (non-hydrogen) atoms. The van der Waals surface area contributed by atoms with Gasteiger partial charge in [-0.2, -0.15) is 5.26 Å². The average Bonchev–Trinajstić information content (AvgIpc) is 2.67. The number of carbonyl (C=O) groups excluding carboxylic acids is 1. The zero-order valence-corrected chi connectivity index (χ0v) is 18.3. The summed E-state index contributed by atoms with van der Waals surface area (Å²) in [5.41, 5.74) is 9.42. The van der Waals surface area contributed by atoms with Crippen LogP contribution in [0.25, 0.3) is 0 Å². The fourth-order valence-corrected chi connectivity index (χ4v) is 5.01.